The second-order valence-electron chi connectivity index (χ2n) is 4.73. The summed E-state index contributed by atoms with van der Waals surface area (Å²) in [5.74, 6) is 0.902. The number of Topliss-reactive ketones (excluding diaryl/α,β-unsaturated/α-hetero) is 1. The van der Waals surface area contributed by atoms with Crippen molar-refractivity contribution < 1.29 is 9.32 Å². The molecular formula is C14H15N3O2. The van der Waals surface area contributed by atoms with Gasteiger partial charge in [0.25, 0.3) is 0 Å². The summed E-state index contributed by atoms with van der Waals surface area (Å²) in [5, 5.41) is 3.97. The molecule has 1 aliphatic carbocycles. The maximum Gasteiger partial charge on any atom is 0.237 e. The van der Waals surface area contributed by atoms with Crippen molar-refractivity contribution in [3.63, 3.8) is 0 Å². The second kappa shape index (κ2) is 4.91. The molecule has 1 aliphatic rings. The molecule has 0 N–H and O–H groups in total. The first kappa shape index (κ1) is 12.0. The van der Waals surface area contributed by atoms with Crippen molar-refractivity contribution in [2.24, 2.45) is 0 Å². The molecule has 19 heavy (non-hydrogen) atoms. The lowest BCUT2D eigenvalue weighted by atomic mass is 10.1. The highest BCUT2D eigenvalue weighted by Crippen LogP contribution is 2.31. The van der Waals surface area contributed by atoms with E-state index in [4.69, 9.17) is 4.52 Å². The van der Waals surface area contributed by atoms with Crippen molar-refractivity contribution in [1.82, 2.24) is 15.1 Å². The Balaban J connectivity index is 1.95. The Labute approximate surface area is 111 Å². The van der Waals surface area contributed by atoms with E-state index in [2.05, 4.69) is 22.0 Å². The molecule has 0 aromatic carbocycles. The van der Waals surface area contributed by atoms with E-state index in [1.807, 2.05) is 12.1 Å². The van der Waals surface area contributed by atoms with E-state index in [0.29, 0.717) is 18.1 Å². The normalized spacial score (nSPS) is 19.0. The highest BCUT2D eigenvalue weighted by Gasteiger charge is 2.31. The number of aryl methyl sites for hydroxylation is 1. The molecule has 98 valence electrons. The summed E-state index contributed by atoms with van der Waals surface area (Å²) in [6.07, 6.45) is 4.90. The number of carbonyl (C=O) groups is 1. The predicted molar refractivity (Wildman–Crippen MR) is 68.5 cm³/mol. The lowest BCUT2D eigenvalue weighted by Gasteiger charge is -2.01. The van der Waals surface area contributed by atoms with Crippen LogP contribution in [0.3, 0.4) is 0 Å². The molecule has 2 aromatic rings. The minimum atomic E-state index is -0.213. The van der Waals surface area contributed by atoms with Crippen molar-refractivity contribution in [2.45, 2.75) is 38.5 Å². The summed E-state index contributed by atoms with van der Waals surface area (Å²) >= 11 is 0. The van der Waals surface area contributed by atoms with Crippen LogP contribution in [0.15, 0.2) is 22.9 Å². The molecule has 0 radical (unpaired) electrons. The van der Waals surface area contributed by atoms with E-state index < -0.39 is 0 Å². The number of carbonyl (C=O) groups excluding carboxylic acids is 1. The molecule has 1 unspecified atom stereocenters. The van der Waals surface area contributed by atoms with E-state index in [1.165, 1.54) is 0 Å². The van der Waals surface area contributed by atoms with Gasteiger partial charge < -0.3 is 4.52 Å². The van der Waals surface area contributed by atoms with Crippen LogP contribution in [0.4, 0.5) is 0 Å². The van der Waals surface area contributed by atoms with E-state index in [1.54, 1.807) is 6.20 Å². The van der Waals surface area contributed by atoms with Crippen molar-refractivity contribution in [3.05, 3.63) is 29.8 Å². The zero-order chi connectivity index (χ0) is 13.2. The Kier molecular flexibility index (Phi) is 3.11. The minimum Gasteiger partial charge on any atom is -0.338 e. The number of ketones is 1. The van der Waals surface area contributed by atoms with Crippen molar-refractivity contribution in [2.75, 3.05) is 0 Å². The molecule has 0 saturated heterocycles. The summed E-state index contributed by atoms with van der Waals surface area (Å²) in [7, 11) is 0. The van der Waals surface area contributed by atoms with Crippen LogP contribution in [-0.2, 0) is 11.2 Å². The van der Waals surface area contributed by atoms with E-state index in [9.17, 15) is 4.79 Å². The Morgan fingerprint density at radius 1 is 1.47 bits per heavy atom. The Morgan fingerprint density at radius 3 is 3.11 bits per heavy atom. The number of nitrogens with zero attached hydrogens (tertiary/aromatic N) is 3. The monoisotopic (exact) mass is 257 g/mol. The quantitative estimate of drug-likeness (QED) is 0.845. The largest absolute Gasteiger partial charge is 0.338 e. The fraction of sp³-hybridized carbons (Fsp3) is 0.429. The van der Waals surface area contributed by atoms with E-state index in [0.717, 1.165) is 30.5 Å². The predicted octanol–water partition coefficient (Wildman–Crippen LogP) is 2.53. The average Bonchev–Trinajstić information content (AvgIpc) is 3.07. The Hall–Kier alpha value is -2.04. The molecule has 2 aromatic heterocycles. The van der Waals surface area contributed by atoms with Gasteiger partial charge in [-0.1, -0.05) is 18.1 Å². The fourth-order valence-electron chi connectivity index (χ4n) is 2.47. The van der Waals surface area contributed by atoms with Crippen LogP contribution >= 0.6 is 0 Å². The van der Waals surface area contributed by atoms with Crippen LogP contribution in [-0.4, -0.2) is 20.9 Å². The second-order valence-corrected chi connectivity index (χ2v) is 4.73. The molecular weight excluding hydrogens is 242 g/mol. The third-order valence-electron chi connectivity index (χ3n) is 3.53. The standard InChI is InChI=1S/C14H15N3O2/c1-2-9-5-4-8-15-12(9)13-16-14(19-17-13)10-6-3-7-11(10)18/h4-5,8,10H,2-3,6-7H2,1H3. The molecule has 0 spiro atoms. The van der Waals surface area contributed by atoms with Gasteiger partial charge in [0.2, 0.25) is 11.7 Å². The molecule has 1 fully saturated rings. The molecule has 0 bridgehead atoms. The van der Waals surface area contributed by atoms with Gasteiger partial charge in [-0.3, -0.25) is 9.78 Å². The number of hydrogen-bond donors (Lipinski definition) is 0. The zero-order valence-corrected chi connectivity index (χ0v) is 10.8. The van der Waals surface area contributed by atoms with Gasteiger partial charge >= 0.3 is 0 Å². The van der Waals surface area contributed by atoms with Gasteiger partial charge in [-0.05, 0) is 30.9 Å². The molecule has 2 heterocycles. The van der Waals surface area contributed by atoms with Crippen LogP contribution in [0.25, 0.3) is 11.5 Å². The first-order valence-corrected chi connectivity index (χ1v) is 6.60. The highest BCUT2D eigenvalue weighted by atomic mass is 16.5. The third-order valence-corrected chi connectivity index (χ3v) is 3.53. The molecule has 0 amide bonds. The van der Waals surface area contributed by atoms with Gasteiger partial charge in [0.05, 0.1) is 5.92 Å². The molecule has 5 nitrogen and oxygen atoms in total. The van der Waals surface area contributed by atoms with E-state index in [-0.39, 0.29) is 11.7 Å². The first-order chi connectivity index (χ1) is 9.29. The van der Waals surface area contributed by atoms with Crippen LogP contribution in [0.1, 0.15) is 43.6 Å². The fourth-order valence-corrected chi connectivity index (χ4v) is 2.47. The molecule has 1 saturated carbocycles. The van der Waals surface area contributed by atoms with Crippen molar-refractivity contribution in [3.8, 4) is 11.5 Å². The summed E-state index contributed by atoms with van der Waals surface area (Å²) in [6.45, 7) is 2.06. The van der Waals surface area contributed by atoms with Gasteiger partial charge in [0.15, 0.2) is 0 Å². The number of hydrogen-bond acceptors (Lipinski definition) is 5. The van der Waals surface area contributed by atoms with E-state index >= 15 is 0 Å². The maximum atomic E-state index is 11.7. The van der Waals surface area contributed by atoms with Crippen molar-refractivity contribution in [1.29, 1.82) is 0 Å². The van der Waals surface area contributed by atoms with Crippen LogP contribution < -0.4 is 0 Å². The van der Waals surface area contributed by atoms with Gasteiger partial charge in [-0.25, -0.2) is 0 Å². The maximum absolute atomic E-state index is 11.7. The zero-order valence-electron chi connectivity index (χ0n) is 10.8. The summed E-state index contributed by atoms with van der Waals surface area (Å²) in [6, 6.07) is 3.89. The lowest BCUT2D eigenvalue weighted by Crippen LogP contribution is -2.04. The summed E-state index contributed by atoms with van der Waals surface area (Å²) in [5.41, 5.74) is 1.82. The van der Waals surface area contributed by atoms with Gasteiger partial charge in [0, 0.05) is 12.6 Å². The number of pyridine rings is 1. The third kappa shape index (κ3) is 2.16. The van der Waals surface area contributed by atoms with Gasteiger partial charge in [-0.15, -0.1) is 0 Å². The first-order valence-electron chi connectivity index (χ1n) is 6.60. The van der Waals surface area contributed by atoms with Gasteiger partial charge in [0.1, 0.15) is 11.5 Å². The Morgan fingerprint density at radius 2 is 2.37 bits per heavy atom. The lowest BCUT2D eigenvalue weighted by molar-refractivity contribution is -0.119. The average molecular weight is 257 g/mol. The van der Waals surface area contributed by atoms with Crippen LogP contribution in [0.2, 0.25) is 0 Å². The summed E-state index contributed by atoms with van der Waals surface area (Å²) in [4.78, 5) is 20.4. The highest BCUT2D eigenvalue weighted by molar-refractivity contribution is 5.86. The van der Waals surface area contributed by atoms with Crippen LogP contribution in [0, 0.1) is 0 Å². The van der Waals surface area contributed by atoms with Gasteiger partial charge in [-0.2, -0.15) is 4.98 Å². The molecule has 1 atom stereocenters. The molecule has 3 rings (SSSR count). The minimum absolute atomic E-state index is 0.201. The summed E-state index contributed by atoms with van der Waals surface area (Å²) < 4.78 is 5.25. The SMILES string of the molecule is CCc1cccnc1-c1noc(C2CCCC2=O)n1. The smallest absolute Gasteiger partial charge is 0.237 e. The number of aromatic nitrogens is 3. The topological polar surface area (TPSA) is 68.9 Å². The van der Waals surface area contributed by atoms with Crippen molar-refractivity contribution >= 4 is 5.78 Å². The molecule has 5 heteroatoms. The number of rotatable bonds is 3. The Bertz CT molecular complexity index is 606. The van der Waals surface area contributed by atoms with Crippen LogP contribution in [0.5, 0.6) is 0 Å². The molecule has 0 aliphatic heterocycles.